The van der Waals surface area contributed by atoms with Gasteiger partial charge in [-0.05, 0) is 49.0 Å². The molecule has 24 heavy (non-hydrogen) atoms. The van der Waals surface area contributed by atoms with E-state index in [1.165, 1.54) is 11.4 Å². The van der Waals surface area contributed by atoms with E-state index in [0.717, 1.165) is 30.8 Å². The number of rotatable bonds is 4. The van der Waals surface area contributed by atoms with Gasteiger partial charge in [0.2, 0.25) is 0 Å². The van der Waals surface area contributed by atoms with Gasteiger partial charge in [0.25, 0.3) is 15.9 Å². The number of sulfonamides is 1. The van der Waals surface area contributed by atoms with Crippen LogP contribution in [0.4, 0.5) is 5.82 Å². The van der Waals surface area contributed by atoms with Crippen molar-refractivity contribution in [1.29, 1.82) is 0 Å². The second-order valence-electron chi connectivity index (χ2n) is 5.39. The zero-order chi connectivity index (χ0) is 17.2. The van der Waals surface area contributed by atoms with E-state index in [1.54, 1.807) is 17.0 Å². The molecule has 1 saturated heterocycles. The Kier molecular flexibility index (Phi) is 5.16. The Morgan fingerprint density at radius 1 is 1.25 bits per heavy atom. The van der Waals surface area contributed by atoms with Crippen molar-refractivity contribution < 1.29 is 13.2 Å². The van der Waals surface area contributed by atoms with Gasteiger partial charge in [0, 0.05) is 17.6 Å². The van der Waals surface area contributed by atoms with E-state index in [4.69, 9.17) is 0 Å². The van der Waals surface area contributed by atoms with Crippen LogP contribution < -0.4 is 4.72 Å². The Bertz CT molecular complexity index is 834. The van der Waals surface area contributed by atoms with Gasteiger partial charge in [-0.3, -0.25) is 9.52 Å². The highest BCUT2D eigenvalue weighted by Gasteiger charge is 2.27. The minimum Gasteiger partial charge on any atom is -0.339 e. The fourth-order valence-electron chi connectivity index (χ4n) is 2.57. The Morgan fingerprint density at radius 3 is 2.67 bits per heavy atom. The van der Waals surface area contributed by atoms with Crippen molar-refractivity contribution in [3.8, 4) is 0 Å². The van der Waals surface area contributed by atoms with Gasteiger partial charge in [-0.1, -0.05) is 20.4 Å². The van der Waals surface area contributed by atoms with Crippen LogP contribution in [0, 0.1) is 0 Å². The number of piperidine rings is 1. The SMILES string of the molecule is O=C(c1cc(Br)ccc1S(=O)(=O)Nc1csnn1)N1CCCCC1. The zero-order valence-corrected chi connectivity index (χ0v) is 15.8. The van der Waals surface area contributed by atoms with E-state index < -0.39 is 10.0 Å². The molecule has 1 fully saturated rings. The number of anilines is 1. The Morgan fingerprint density at radius 2 is 2.00 bits per heavy atom. The molecule has 3 rings (SSSR count). The number of nitrogens with zero attached hydrogens (tertiary/aromatic N) is 3. The Balaban J connectivity index is 1.97. The molecule has 1 aliphatic heterocycles. The summed E-state index contributed by atoms with van der Waals surface area (Å²) in [6.07, 6.45) is 2.96. The third-order valence-corrected chi connectivity index (χ3v) is 6.11. The van der Waals surface area contributed by atoms with Gasteiger partial charge in [0.05, 0.1) is 10.9 Å². The van der Waals surface area contributed by atoms with Crippen molar-refractivity contribution in [3.05, 3.63) is 33.6 Å². The van der Waals surface area contributed by atoms with Gasteiger partial charge >= 0.3 is 0 Å². The minimum absolute atomic E-state index is 0.0609. The van der Waals surface area contributed by atoms with Crippen molar-refractivity contribution in [1.82, 2.24) is 14.5 Å². The van der Waals surface area contributed by atoms with Gasteiger partial charge < -0.3 is 4.90 Å². The molecule has 1 aromatic carbocycles. The van der Waals surface area contributed by atoms with Crippen molar-refractivity contribution >= 4 is 49.2 Å². The topological polar surface area (TPSA) is 92.3 Å². The largest absolute Gasteiger partial charge is 0.339 e. The maximum Gasteiger partial charge on any atom is 0.263 e. The predicted octanol–water partition coefficient (Wildman–Crippen LogP) is 2.73. The number of benzene rings is 1. The lowest BCUT2D eigenvalue weighted by atomic mass is 10.1. The number of nitrogens with one attached hydrogen (secondary N) is 1. The van der Waals surface area contributed by atoms with E-state index in [-0.39, 0.29) is 22.2 Å². The van der Waals surface area contributed by atoms with Crippen LogP contribution in [0.15, 0.2) is 32.9 Å². The number of hydrogen-bond acceptors (Lipinski definition) is 6. The molecule has 2 aromatic rings. The van der Waals surface area contributed by atoms with Crippen LogP contribution in [-0.2, 0) is 10.0 Å². The summed E-state index contributed by atoms with van der Waals surface area (Å²) in [6.45, 7) is 1.29. The van der Waals surface area contributed by atoms with Gasteiger partial charge in [0.1, 0.15) is 4.90 Å². The standard InChI is InChI=1S/C14H15BrN4O3S2/c15-10-4-5-12(24(21,22)17-13-9-23-18-16-13)11(8-10)14(20)19-6-2-1-3-7-19/h4-5,8-9,17H,1-3,6-7H2. The summed E-state index contributed by atoms with van der Waals surface area (Å²) in [4.78, 5) is 14.5. The van der Waals surface area contributed by atoms with E-state index in [1.807, 2.05) is 0 Å². The van der Waals surface area contributed by atoms with Crippen LogP contribution in [0.2, 0.25) is 0 Å². The average Bonchev–Trinajstić information content (AvgIpc) is 3.07. The molecule has 0 spiro atoms. The zero-order valence-electron chi connectivity index (χ0n) is 12.6. The van der Waals surface area contributed by atoms with Crippen LogP contribution in [-0.4, -0.2) is 41.9 Å². The lowest BCUT2D eigenvalue weighted by Gasteiger charge is -2.27. The first-order valence-electron chi connectivity index (χ1n) is 7.36. The van der Waals surface area contributed by atoms with E-state index >= 15 is 0 Å². The minimum atomic E-state index is -3.93. The molecular formula is C14H15BrN4O3S2. The highest BCUT2D eigenvalue weighted by molar-refractivity contribution is 9.10. The third-order valence-electron chi connectivity index (χ3n) is 3.70. The molecule has 1 aromatic heterocycles. The van der Waals surface area contributed by atoms with Gasteiger partial charge in [-0.25, -0.2) is 8.42 Å². The molecule has 0 aliphatic carbocycles. The molecule has 0 unspecified atom stereocenters. The van der Waals surface area contributed by atoms with Crippen LogP contribution in [0.5, 0.6) is 0 Å². The van der Waals surface area contributed by atoms with E-state index in [9.17, 15) is 13.2 Å². The first kappa shape index (κ1) is 17.3. The normalized spacial score (nSPS) is 15.3. The molecule has 1 aliphatic rings. The summed E-state index contributed by atoms with van der Waals surface area (Å²) >= 11 is 4.35. The second-order valence-corrected chi connectivity index (χ2v) is 8.57. The van der Waals surface area contributed by atoms with E-state index in [2.05, 4.69) is 30.2 Å². The fraction of sp³-hybridized carbons (Fsp3) is 0.357. The molecule has 1 N–H and O–H groups in total. The highest BCUT2D eigenvalue weighted by atomic mass is 79.9. The maximum atomic E-state index is 12.8. The van der Waals surface area contributed by atoms with E-state index in [0.29, 0.717) is 17.6 Å². The molecule has 1 amide bonds. The van der Waals surface area contributed by atoms with Gasteiger partial charge in [0.15, 0.2) is 5.82 Å². The fourth-order valence-corrected chi connectivity index (χ4v) is 4.56. The van der Waals surface area contributed by atoms with Crippen molar-refractivity contribution in [2.45, 2.75) is 24.2 Å². The van der Waals surface area contributed by atoms with Crippen molar-refractivity contribution in [2.75, 3.05) is 17.8 Å². The molecule has 128 valence electrons. The molecular weight excluding hydrogens is 416 g/mol. The molecule has 0 saturated carbocycles. The maximum absolute atomic E-state index is 12.8. The summed E-state index contributed by atoms with van der Waals surface area (Å²) in [5.74, 6) is -0.132. The smallest absolute Gasteiger partial charge is 0.263 e. The van der Waals surface area contributed by atoms with Crippen LogP contribution in [0.3, 0.4) is 0 Å². The number of halogens is 1. The van der Waals surface area contributed by atoms with Crippen molar-refractivity contribution in [2.24, 2.45) is 0 Å². The lowest BCUT2D eigenvalue weighted by Crippen LogP contribution is -2.36. The van der Waals surface area contributed by atoms with Crippen LogP contribution in [0.25, 0.3) is 0 Å². The number of hydrogen-bond donors (Lipinski definition) is 1. The molecule has 0 radical (unpaired) electrons. The van der Waals surface area contributed by atoms with Gasteiger partial charge in [-0.15, -0.1) is 5.10 Å². The van der Waals surface area contributed by atoms with Crippen LogP contribution >= 0.6 is 27.5 Å². The number of likely N-dealkylation sites (tertiary alicyclic amines) is 1. The summed E-state index contributed by atoms with van der Waals surface area (Å²) in [5.41, 5.74) is 0.155. The molecule has 7 nitrogen and oxygen atoms in total. The second kappa shape index (κ2) is 7.16. The predicted molar refractivity (Wildman–Crippen MR) is 94.6 cm³/mol. The first-order chi connectivity index (χ1) is 11.5. The van der Waals surface area contributed by atoms with Gasteiger partial charge in [-0.2, -0.15) is 0 Å². The number of carbonyl (C=O) groups is 1. The van der Waals surface area contributed by atoms with Crippen molar-refractivity contribution in [3.63, 3.8) is 0 Å². The molecule has 2 heterocycles. The lowest BCUT2D eigenvalue weighted by molar-refractivity contribution is 0.0720. The quantitative estimate of drug-likeness (QED) is 0.804. The summed E-state index contributed by atoms with van der Waals surface area (Å²) in [6, 6.07) is 4.56. The summed E-state index contributed by atoms with van der Waals surface area (Å²) < 4.78 is 31.9. The molecule has 0 bridgehead atoms. The third kappa shape index (κ3) is 3.76. The first-order valence-corrected chi connectivity index (χ1v) is 10.5. The average molecular weight is 431 g/mol. The summed E-state index contributed by atoms with van der Waals surface area (Å²) in [7, 11) is -3.93. The molecule has 10 heteroatoms. The summed E-state index contributed by atoms with van der Waals surface area (Å²) in [5, 5.41) is 5.17. The molecule has 0 atom stereocenters. The number of carbonyl (C=O) groups excluding carboxylic acids is 1. The Hall–Kier alpha value is -1.52. The monoisotopic (exact) mass is 430 g/mol. The highest BCUT2D eigenvalue weighted by Crippen LogP contribution is 2.25. The van der Waals surface area contributed by atoms with Crippen LogP contribution in [0.1, 0.15) is 29.6 Å². The Labute approximate surface area is 152 Å². The number of amides is 1. The number of aromatic nitrogens is 2.